The highest BCUT2D eigenvalue weighted by atomic mass is 16.2. The molecule has 0 unspecified atom stereocenters. The van der Waals surface area contributed by atoms with Gasteiger partial charge in [-0.05, 0) is 36.8 Å². The molecule has 0 saturated carbocycles. The lowest BCUT2D eigenvalue weighted by molar-refractivity contribution is 0.0993. The van der Waals surface area contributed by atoms with E-state index in [9.17, 15) is 14.4 Å². The molecule has 2 aromatic heterocycles. The number of aromatic nitrogens is 3. The Hall–Kier alpha value is -3.81. The van der Waals surface area contributed by atoms with Crippen LogP contribution in [0, 0.1) is 0 Å². The molecule has 3 N–H and O–H groups in total. The summed E-state index contributed by atoms with van der Waals surface area (Å²) in [5.74, 6) is -0.929. The van der Waals surface area contributed by atoms with Crippen LogP contribution in [0.25, 0.3) is 11.3 Å². The number of hydrogen-bond acceptors (Lipinski definition) is 6. The van der Waals surface area contributed by atoms with E-state index < -0.39 is 11.5 Å². The second-order valence-corrected chi connectivity index (χ2v) is 6.10. The average Bonchev–Trinajstić information content (AvgIpc) is 2.69. The summed E-state index contributed by atoms with van der Waals surface area (Å²) in [7, 11) is 0. The van der Waals surface area contributed by atoms with Gasteiger partial charge in [0.2, 0.25) is 5.91 Å². The smallest absolute Gasteiger partial charge is 0.291 e. The first-order chi connectivity index (χ1) is 13.4. The number of benzene rings is 1. The zero-order chi connectivity index (χ0) is 20.3. The molecule has 3 rings (SSSR count). The van der Waals surface area contributed by atoms with Crippen LogP contribution < -0.4 is 16.7 Å². The van der Waals surface area contributed by atoms with Crippen molar-refractivity contribution in [3.8, 4) is 11.3 Å². The van der Waals surface area contributed by atoms with Gasteiger partial charge in [0, 0.05) is 30.4 Å². The van der Waals surface area contributed by atoms with Gasteiger partial charge in [-0.25, -0.2) is 9.66 Å². The Morgan fingerprint density at radius 1 is 1.18 bits per heavy atom. The van der Waals surface area contributed by atoms with Crippen molar-refractivity contribution in [2.24, 2.45) is 5.73 Å². The molecule has 0 atom stereocenters. The number of nitrogens with zero attached hydrogens (tertiary/aromatic N) is 3. The number of pyridine rings is 1. The van der Waals surface area contributed by atoms with Crippen molar-refractivity contribution in [3.63, 3.8) is 0 Å². The molecule has 2 heterocycles. The SMILES string of the molecule is CCc1nc(-c2ccncc2)c(C(C)=O)n(Nc2cccc(C(N)=O)c2)c1=O. The predicted molar refractivity (Wildman–Crippen MR) is 105 cm³/mol. The second-order valence-electron chi connectivity index (χ2n) is 6.10. The number of anilines is 1. The van der Waals surface area contributed by atoms with E-state index in [0.29, 0.717) is 29.1 Å². The maximum absolute atomic E-state index is 12.9. The van der Waals surface area contributed by atoms with E-state index in [1.165, 1.54) is 17.7 Å². The fourth-order valence-corrected chi connectivity index (χ4v) is 2.82. The van der Waals surface area contributed by atoms with Crippen LogP contribution in [0.4, 0.5) is 5.69 Å². The molecule has 1 aromatic carbocycles. The number of primary amides is 1. The highest BCUT2D eigenvalue weighted by Crippen LogP contribution is 2.21. The molecule has 0 saturated heterocycles. The molecule has 1 amide bonds. The standard InChI is InChI=1S/C20H19N5O3/c1-3-16-20(28)25(24-15-6-4-5-14(11-15)19(21)27)18(12(2)26)17(23-16)13-7-9-22-10-8-13/h4-11,24H,3H2,1-2H3,(H2,21,27). The number of aryl methyl sites for hydroxylation is 1. The molecular formula is C20H19N5O3. The van der Waals surface area contributed by atoms with E-state index in [4.69, 9.17) is 5.73 Å². The summed E-state index contributed by atoms with van der Waals surface area (Å²) in [5, 5.41) is 0. The maximum atomic E-state index is 12.9. The fourth-order valence-electron chi connectivity index (χ4n) is 2.82. The fraction of sp³-hybridized carbons (Fsp3) is 0.150. The number of carbonyl (C=O) groups excluding carboxylic acids is 2. The van der Waals surface area contributed by atoms with Gasteiger partial charge < -0.3 is 5.73 Å². The van der Waals surface area contributed by atoms with E-state index in [-0.39, 0.29) is 17.0 Å². The zero-order valence-corrected chi connectivity index (χ0v) is 15.5. The van der Waals surface area contributed by atoms with Gasteiger partial charge in [-0.3, -0.25) is 24.8 Å². The van der Waals surface area contributed by atoms with E-state index in [1.54, 1.807) is 42.7 Å². The molecular weight excluding hydrogens is 358 g/mol. The second kappa shape index (κ2) is 7.83. The summed E-state index contributed by atoms with van der Waals surface area (Å²) in [6.07, 6.45) is 3.57. The highest BCUT2D eigenvalue weighted by molar-refractivity contribution is 5.98. The summed E-state index contributed by atoms with van der Waals surface area (Å²) in [6, 6.07) is 9.81. The molecule has 0 spiro atoms. The van der Waals surface area contributed by atoms with Crippen LogP contribution in [-0.2, 0) is 6.42 Å². The van der Waals surface area contributed by atoms with Gasteiger partial charge in [0.05, 0.1) is 5.69 Å². The number of hydrogen-bond donors (Lipinski definition) is 2. The highest BCUT2D eigenvalue weighted by Gasteiger charge is 2.21. The topological polar surface area (TPSA) is 120 Å². The molecule has 0 aliphatic carbocycles. The molecule has 142 valence electrons. The monoisotopic (exact) mass is 377 g/mol. The lowest BCUT2D eigenvalue weighted by Gasteiger charge is -2.18. The Morgan fingerprint density at radius 2 is 1.89 bits per heavy atom. The van der Waals surface area contributed by atoms with Crippen molar-refractivity contribution in [2.45, 2.75) is 20.3 Å². The van der Waals surface area contributed by atoms with Crippen molar-refractivity contribution < 1.29 is 9.59 Å². The molecule has 0 aliphatic rings. The van der Waals surface area contributed by atoms with Gasteiger partial charge in [0.15, 0.2) is 5.78 Å². The van der Waals surface area contributed by atoms with E-state index in [1.807, 2.05) is 6.92 Å². The number of ketones is 1. The first-order valence-corrected chi connectivity index (χ1v) is 8.66. The molecule has 0 aliphatic heterocycles. The lowest BCUT2D eigenvalue weighted by Crippen LogP contribution is -2.35. The molecule has 0 radical (unpaired) electrons. The third-order valence-corrected chi connectivity index (χ3v) is 4.15. The minimum atomic E-state index is -0.593. The molecule has 0 fully saturated rings. The minimum absolute atomic E-state index is 0.109. The number of amides is 1. The average molecular weight is 377 g/mol. The molecule has 8 heteroatoms. The van der Waals surface area contributed by atoms with Crippen LogP contribution in [0.2, 0.25) is 0 Å². The largest absolute Gasteiger partial charge is 0.366 e. The van der Waals surface area contributed by atoms with Gasteiger partial charge in [-0.1, -0.05) is 13.0 Å². The van der Waals surface area contributed by atoms with Crippen LogP contribution in [-0.4, -0.2) is 26.3 Å². The van der Waals surface area contributed by atoms with Gasteiger partial charge in [0.25, 0.3) is 5.56 Å². The van der Waals surface area contributed by atoms with Gasteiger partial charge >= 0.3 is 0 Å². The summed E-state index contributed by atoms with van der Waals surface area (Å²) in [5.41, 5.74) is 9.98. The van der Waals surface area contributed by atoms with Gasteiger partial charge in [-0.15, -0.1) is 0 Å². The summed E-state index contributed by atoms with van der Waals surface area (Å²) in [6.45, 7) is 3.18. The van der Waals surface area contributed by atoms with Crippen molar-refractivity contribution in [1.29, 1.82) is 0 Å². The van der Waals surface area contributed by atoms with Crippen LogP contribution in [0.15, 0.2) is 53.6 Å². The minimum Gasteiger partial charge on any atom is -0.366 e. The Balaban J connectivity index is 2.25. The quantitative estimate of drug-likeness (QED) is 0.634. The Bertz CT molecular complexity index is 1110. The Labute approximate surface area is 161 Å². The summed E-state index contributed by atoms with van der Waals surface area (Å²) < 4.78 is 1.17. The van der Waals surface area contributed by atoms with Crippen molar-refractivity contribution in [1.82, 2.24) is 14.6 Å². The van der Waals surface area contributed by atoms with Crippen LogP contribution in [0.5, 0.6) is 0 Å². The molecule has 0 bridgehead atoms. The number of nitrogens with two attached hydrogens (primary N) is 1. The van der Waals surface area contributed by atoms with Gasteiger partial charge in [0.1, 0.15) is 17.1 Å². The number of nitrogens with one attached hydrogen (secondary N) is 1. The third kappa shape index (κ3) is 3.66. The van der Waals surface area contributed by atoms with E-state index >= 15 is 0 Å². The number of rotatable bonds is 6. The van der Waals surface area contributed by atoms with Crippen molar-refractivity contribution in [3.05, 3.63) is 76.1 Å². The first kappa shape index (κ1) is 19.0. The molecule has 8 nitrogen and oxygen atoms in total. The zero-order valence-electron chi connectivity index (χ0n) is 15.5. The van der Waals surface area contributed by atoms with E-state index in [0.717, 1.165) is 0 Å². The van der Waals surface area contributed by atoms with Crippen LogP contribution in [0.3, 0.4) is 0 Å². The maximum Gasteiger partial charge on any atom is 0.291 e. The van der Waals surface area contributed by atoms with Crippen LogP contribution >= 0.6 is 0 Å². The Morgan fingerprint density at radius 3 is 2.50 bits per heavy atom. The van der Waals surface area contributed by atoms with Crippen LogP contribution in [0.1, 0.15) is 40.4 Å². The summed E-state index contributed by atoms with van der Waals surface area (Å²) in [4.78, 5) is 45.2. The summed E-state index contributed by atoms with van der Waals surface area (Å²) >= 11 is 0. The lowest BCUT2D eigenvalue weighted by atomic mass is 10.1. The normalized spacial score (nSPS) is 10.5. The first-order valence-electron chi connectivity index (χ1n) is 8.66. The van der Waals surface area contributed by atoms with Gasteiger partial charge in [-0.2, -0.15) is 0 Å². The number of Topliss-reactive ketones (excluding diaryl/α,β-unsaturated/α-hetero) is 1. The third-order valence-electron chi connectivity index (χ3n) is 4.15. The Kier molecular flexibility index (Phi) is 5.30. The molecule has 3 aromatic rings. The molecule has 28 heavy (non-hydrogen) atoms. The van der Waals surface area contributed by atoms with Crippen molar-refractivity contribution >= 4 is 17.4 Å². The van der Waals surface area contributed by atoms with E-state index in [2.05, 4.69) is 15.4 Å². The predicted octanol–water partition coefficient (Wildman–Crippen LogP) is 2.04. The number of carbonyl (C=O) groups is 2. The van der Waals surface area contributed by atoms with Crippen molar-refractivity contribution in [2.75, 3.05) is 5.43 Å².